The Hall–Kier alpha value is -1.26. The molecule has 2 fully saturated rings. The second-order valence-corrected chi connectivity index (χ2v) is 6.89. The van der Waals surface area contributed by atoms with Crippen molar-refractivity contribution in [1.29, 1.82) is 0 Å². The van der Waals surface area contributed by atoms with E-state index in [1.54, 1.807) is 0 Å². The van der Waals surface area contributed by atoms with E-state index >= 15 is 0 Å². The van der Waals surface area contributed by atoms with Crippen molar-refractivity contribution in [2.24, 2.45) is 11.3 Å². The molecule has 0 radical (unpaired) electrons. The first-order valence-electron chi connectivity index (χ1n) is 7.66. The number of urea groups is 1. The molecular weight excluding hydrogens is 256 g/mol. The van der Waals surface area contributed by atoms with Gasteiger partial charge in [-0.2, -0.15) is 0 Å². The number of hydrogen-bond donors (Lipinski definition) is 1. The largest absolute Gasteiger partial charge is 0.481 e. The Morgan fingerprint density at radius 2 is 1.60 bits per heavy atom. The molecule has 2 rings (SSSR count). The average Bonchev–Trinajstić information content (AvgIpc) is 2.59. The van der Waals surface area contributed by atoms with E-state index in [1.807, 2.05) is 9.80 Å². The lowest BCUT2D eigenvalue weighted by molar-refractivity contribution is -0.143. The zero-order valence-corrected chi connectivity index (χ0v) is 12.6. The molecule has 20 heavy (non-hydrogen) atoms. The molecule has 114 valence electrons. The van der Waals surface area contributed by atoms with Gasteiger partial charge < -0.3 is 14.9 Å². The molecule has 0 aromatic heterocycles. The highest BCUT2D eigenvalue weighted by atomic mass is 16.4. The Labute approximate surface area is 120 Å². The zero-order chi connectivity index (χ0) is 14.8. The van der Waals surface area contributed by atoms with Gasteiger partial charge in [-0.05, 0) is 37.5 Å². The molecule has 0 bridgehead atoms. The molecule has 2 saturated heterocycles. The first kappa shape index (κ1) is 15.1. The molecule has 5 heteroatoms. The topological polar surface area (TPSA) is 60.9 Å². The van der Waals surface area contributed by atoms with E-state index in [1.165, 1.54) is 0 Å². The van der Waals surface area contributed by atoms with E-state index < -0.39 is 5.97 Å². The lowest BCUT2D eigenvalue weighted by Crippen LogP contribution is -2.47. The zero-order valence-electron chi connectivity index (χ0n) is 12.6. The van der Waals surface area contributed by atoms with E-state index in [2.05, 4.69) is 13.8 Å². The van der Waals surface area contributed by atoms with Crippen LogP contribution in [0.5, 0.6) is 0 Å². The Bertz CT molecular complexity index is 373. The maximum Gasteiger partial charge on any atom is 0.319 e. The summed E-state index contributed by atoms with van der Waals surface area (Å²) in [5.41, 5.74) is 0.325. The summed E-state index contributed by atoms with van der Waals surface area (Å²) in [4.78, 5) is 27.2. The molecule has 5 nitrogen and oxygen atoms in total. The van der Waals surface area contributed by atoms with Crippen LogP contribution in [-0.4, -0.2) is 53.1 Å². The van der Waals surface area contributed by atoms with Crippen LogP contribution < -0.4 is 0 Å². The number of rotatable bonds is 1. The van der Waals surface area contributed by atoms with Crippen LogP contribution in [0.3, 0.4) is 0 Å². The van der Waals surface area contributed by atoms with Gasteiger partial charge in [0.25, 0.3) is 0 Å². The van der Waals surface area contributed by atoms with Gasteiger partial charge in [-0.15, -0.1) is 0 Å². The maximum absolute atomic E-state index is 12.5. The van der Waals surface area contributed by atoms with Crippen LogP contribution in [0.4, 0.5) is 4.79 Å². The summed E-state index contributed by atoms with van der Waals surface area (Å²) in [5, 5.41) is 8.99. The molecule has 0 spiro atoms. The van der Waals surface area contributed by atoms with Crippen molar-refractivity contribution in [2.75, 3.05) is 26.2 Å². The van der Waals surface area contributed by atoms with Gasteiger partial charge in [-0.1, -0.05) is 13.8 Å². The van der Waals surface area contributed by atoms with E-state index in [0.29, 0.717) is 31.3 Å². The fraction of sp³-hybridized carbons (Fsp3) is 0.867. The predicted molar refractivity (Wildman–Crippen MR) is 76.5 cm³/mol. The van der Waals surface area contributed by atoms with Gasteiger partial charge in [-0.3, -0.25) is 4.79 Å². The number of piperidine rings is 1. The van der Waals surface area contributed by atoms with E-state index in [4.69, 9.17) is 5.11 Å². The van der Waals surface area contributed by atoms with Crippen molar-refractivity contribution in [3.63, 3.8) is 0 Å². The van der Waals surface area contributed by atoms with Gasteiger partial charge in [0.05, 0.1) is 5.92 Å². The summed E-state index contributed by atoms with van der Waals surface area (Å²) in [5.74, 6) is -1.00. The molecule has 0 saturated carbocycles. The minimum absolute atomic E-state index is 0.103. The number of amides is 2. The predicted octanol–water partition coefficient (Wildman–Crippen LogP) is 2.42. The number of aliphatic carboxylic acids is 1. The fourth-order valence-electron chi connectivity index (χ4n) is 3.13. The fourth-order valence-corrected chi connectivity index (χ4v) is 3.13. The molecule has 2 aliphatic heterocycles. The van der Waals surface area contributed by atoms with Gasteiger partial charge in [0, 0.05) is 26.2 Å². The van der Waals surface area contributed by atoms with Gasteiger partial charge in [0.1, 0.15) is 0 Å². The van der Waals surface area contributed by atoms with Crippen LogP contribution in [0.2, 0.25) is 0 Å². The van der Waals surface area contributed by atoms with Crippen molar-refractivity contribution in [2.45, 2.75) is 46.0 Å². The molecule has 0 aliphatic carbocycles. The second-order valence-electron chi connectivity index (χ2n) is 6.89. The highest BCUT2D eigenvalue weighted by Crippen LogP contribution is 2.30. The molecule has 0 aromatic carbocycles. The molecule has 1 N–H and O–H groups in total. The highest BCUT2D eigenvalue weighted by molar-refractivity contribution is 5.75. The van der Waals surface area contributed by atoms with Crippen LogP contribution in [0.1, 0.15) is 46.0 Å². The number of carboxylic acid groups (broad SMARTS) is 1. The number of nitrogens with zero attached hydrogens (tertiary/aromatic N) is 2. The smallest absolute Gasteiger partial charge is 0.319 e. The van der Waals surface area contributed by atoms with Crippen LogP contribution in [0, 0.1) is 11.3 Å². The summed E-state index contributed by atoms with van der Waals surface area (Å²) >= 11 is 0. The third kappa shape index (κ3) is 3.64. The highest BCUT2D eigenvalue weighted by Gasteiger charge is 2.31. The van der Waals surface area contributed by atoms with Crippen molar-refractivity contribution < 1.29 is 14.7 Å². The number of carboxylic acids is 1. The average molecular weight is 282 g/mol. The van der Waals surface area contributed by atoms with Gasteiger partial charge in [0.2, 0.25) is 0 Å². The van der Waals surface area contributed by atoms with Gasteiger partial charge in [0.15, 0.2) is 0 Å². The lowest BCUT2D eigenvalue weighted by Gasteiger charge is -2.34. The molecule has 0 atom stereocenters. The first-order valence-corrected chi connectivity index (χ1v) is 7.66. The molecule has 2 aliphatic rings. The van der Waals surface area contributed by atoms with Crippen LogP contribution in [0.25, 0.3) is 0 Å². The molecule has 0 aromatic rings. The van der Waals surface area contributed by atoms with Crippen molar-refractivity contribution >= 4 is 12.0 Å². The lowest BCUT2D eigenvalue weighted by atomic mass is 9.85. The van der Waals surface area contributed by atoms with Crippen molar-refractivity contribution in [1.82, 2.24) is 9.80 Å². The molecule has 2 heterocycles. The third-order valence-corrected chi connectivity index (χ3v) is 4.73. The summed E-state index contributed by atoms with van der Waals surface area (Å²) in [7, 11) is 0. The number of likely N-dealkylation sites (tertiary alicyclic amines) is 2. The quantitative estimate of drug-likeness (QED) is 0.803. The second kappa shape index (κ2) is 6.02. The summed E-state index contributed by atoms with van der Waals surface area (Å²) < 4.78 is 0. The normalized spacial score (nSPS) is 24.3. The van der Waals surface area contributed by atoms with Crippen LogP contribution in [0.15, 0.2) is 0 Å². The number of hydrogen-bond acceptors (Lipinski definition) is 2. The van der Waals surface area contributed by atoms with E-state index in [-0.39, 0.29) is 11.9 Å². The standard InChI is InChI=1S/C15H26N2O3/c1-15(2)6-3-8-16(11-7-15)14(20)17-9-4-12(5-10-17)13(18)19/h12H,3-11H2,1-2H3,(H,18,19). The Morgan fingerprint density at radius 1 is 1.00 bits per heavy atom. The maximum atomic E-state index is 12.5. The number of carbonyl (C=O) groups excluding carboxylic acids is 1. The van der Waals surface area contributed by atoms with E-state index in [0.717, 1.165) is 32.4 Å². The van der Waals surface area contributed by atoms with Gasteiger partial charge >= 0.3 is 12.0 Å². The Morgan fingerprint density at radius 3 is 2.20 bits per heavy atom. The van der Waals surface area contributed by atoms with E-state index in [9.17, 15) is 9.59 Å². The SMILES string of the molecule is CC1(C)CCCN(C(=O)N2CCC(C(=O)O)CC2)CC1. The first-order chi connectivity index (χ1) is 9.39. The monoisotopic (exact) mass is 282 g/mol. The molecule has 2 amide bonds. The van der Waals surface area contributed by atoms with Crippen molar-refractivity contribution in [3.8, 4) is 0 Å². The summed E-state index contributed by atoms with van der Waals surface area (Å²) in [6.07, 6.45) is 4.44. The summed E-state index contributed by atoms with van der Waals surface area (Å²) in [6.45, 7) is 7.34. The Kier molecular flexibility index (Phi) is 4.55. The minimum atomic E-state index is -0.728. The number of carbonyl (C=O) groups is 2. The van der Waals surface area contributed by atoms with Crippen LogP contribution >= 0.6 is 0 Å². The van der Waals surface area contributed by atoms with Crippen LogP contribution in [-0.2, 0) is 4.79 Å². The van der Waals surface area contributed by atoms with Crippen molar-refractivity contribution in [3.05, 3.63) is 0 Å². The minimum Gasteiger partial charge on any atom is -0.481 e. The Balaban J connectivity index is 1.87. The molecule has 0 unspecified atom stereocenters. The molecular formula is C15H26N2O3. The summed E-state index contributed by atoms with van der Waals surface area (Å²) in [6, 6.07) is 0.103. The van der Waals surface area contributed by atoms with Gasteiger partial charge in [-0.25, -0.2) is 4.79 Å². The third-order valence-electron chi connectivity index (χ3n) is 4.73.